The Bertz CT molecular complexity index is 152. The van der Waals surface area contributed by atoms with E-state index in [4.69, 9.17) is 20.4 Å². The Morgan fingerprint density at radius 3 is 1.58 bits per heavy atom. The summed E-state index contributed by atoms with van der Waals surface area (Å²) in [5.41, 5.74) is 1.29. The van der Waals surface area contributed by atoms with Gasteiger partial charge in [0.15, 0.2) is 0 Å². The smallest absolute Gasteiger partial charge is 0.222 e. The van der Waals surface area contributed by atoms with Gasteiger partial charge in [0.1, 0.15) is 0 Å². The lowest BCUT2D eigenvalue weighted by Gasteiger charge is -1.87. The Morgan fingerprint density at radius 1 is 1.33 bits per heavy atom. The summed E-state index contributed by atoms with van der Waals surface area (Å²) in [6.07, 6.45) is 3.91. The highest BCUT2D eigenvalue weighted by Crippen LogP contribution is 1.96. The normalized spacial score (nSPS) is 5.50. The summed E-state index contributed by atoms with van der Waals surface area (Å²) in [6, 6.07) is 0. The number of hydrogen-bond acceptors (Lipinski definition) is 4. The van der Waals surface area contributed by atoms with E-state index < -0.39 is 0 Å². The summed E-state index contributed by atoms with van der Waals surface area (Å²) >= 11 is 0. The second-order valence-electron chi connectivity index (χ2n) is 1.91. The van der Waals surface area contributed by atoms with Gasteiger partial charge in [0.05, 0.1) is 0 Å². The van der Waals surface area contributed by atoms with Gasteiger partial charge in [-0.2, -0.15) is 0 Å². The predicted octanol–water partition coefficient (Wildman–Crippen LogP) is 2.16. The molecule has 0 aliphatic heterocycles. The highest BCUT2D eigenvalue weighted by atomic mass is 16.1. The van der Waals surface area contributed by atoms with Crippen molar-refractivity contribution in [2.75, 3.05) is 0 Å². The van der Waals surface area contributed by atoms with E-state index in [1.807, 2.05) is 0 Å². The van der Waals surface area contributed by atoms with Gasteiger partial charge in [-0.1, -0.05) is 18.9 Å². The lowest BCUT2D eigenvalue weighted by Crippen LogP contribution is -1.66. The second-order valence-corrected chi connectivity index (χ2v) is 1.91. The number of allylic oxidation sites excluding steroid dienone is 1. The minimum atomic E-state index is 0.750. The fraction of sp³-hybridized carbons (Fsp3) is 0.500. The summed E-state index contributed by atoms with van der Waals surface area (Å²) in [5, 5.41) is 10.8. The van der Waals surface area contributed by atoms with Crippen molar-refractivity contribution < 1.29 is 9.59 Å². The number of nitrogens with one attached hydrogen (secondary N) is 2. The minimum absolute atomic E-state index is 0.750. The SMILES string of the molecule is C=C(C)CCC.N=C=O.N=C=O. The zero-order chi connectivity index (χ0) is 10.4. The standard InChI is InChI=1S/C6H12.2CHNO/c1-4-5-6(2)3;2*2-1-3/h2,4-5H2,1,3H3;2*2H. The van der Waals surface area contributed by atoms with Crippen LogP contribution in [0.5, 0.6) is 0 Å². The van der Waals surface area contributed by atoms with E-state index in [9.17, 15) is 0 Å². The highest BCUT2D eigenvalue weighted by molar-refractivity contribution is 5.26. The third-order valence-corrected chi connectivity index (χ3v) is 0.677. The average Bonchev–Trinajstić information content (AvgIpc) is 1.89. The molecule has 0 saturated heterocycles. The van der Waals surface area contributed by atoms with Crippen LogP contribution in [-0.4, -0.2) is 12.2 Å². The third-order valence-electron chi connectivity index (χ3n) is 0.677. The molecule has 2 N–H and O–H groups in total. The number of carbonyl (C=O) groups excluding carboxylic acids is 2. The summed E-state index contributed by atoms with van der Waals surface area (Å²) in [7, 11) is 0. The van der Waals surface area contributed by atoms with E-state index in [0.29, 0.717) is 0 Å². The van der Waals surface area contributed by atoms with Crippen LogP contribution in [0.15, 0.2) is 12.2 Å². The Hall–Kier alpha value is -1.50. The van der Waals surface area contributed by atoms with E-state index in [2.05, 4.69) is 20.4 Å². The van der Waals surface area contributed by atoms with Gasteiger partial charge in [-0.3, -0.25) is 0 Å². The van der Waals surface area contributed by atoms with Crippen LogP contribution in [0.4, 0.5) is 0 Å². The number of hydrogen-bond donors (Lipinski definition) is 2. The van der Waals surface area contributed by atoms with Crippen LogP contribution in [-0.2, 0) is 9.59 Å². The molecule has 0 spiro atoms. The van der Waals surface area contributed by atoms with Gasteiger partial charge in [0, 0.05) is 0 Å². The van der Waals surface area contributed by atoms with Crippen molar-refractivity contribution in [3.8, 4) is 0 Å². The largest absolute Gasteiger partial charge is 0.231 e. The Balaban J connectivity index is -0.000000115. The monoisotopic (exact) mass is 170 g/mol. The van der Waals surface area contributed by atoms with Crippen molar-refractivity contribution in [3.05, 3.63) is 12.2 Å². The summed E-state index contributed by atoms with van der Waals surface area (Å²) in [6.45, 7) is 7.97. The average molecular weight is 170 g/mol. The first-order valence-corrected chi connectivity index (χ1v) is 3.32. The van der Waals surface area contributed by atoms with Gasteiger partial charge in [0.25, 0.3) is 0 Å². The summed E-state index contributed by atoms with van der Waals surface area (Å²) in [4.78, 5) is 16.7. The molecule has 0 atom stereocenters. The maximum atomic E-state index is 8.35. The summed E-state index contributed by atoms with van der Waals surface area (Å²) in [5.74, 6) is 0. The van der Waals surface area contributed by atoms with Crippen LogP contribution < -0.4 is 0 Å². The van der Waals surface area contributed by atoms with Crippen molar-refractivity contribution in [2.24, 2.45) is 0 Å². The van der Waals surface area contributed by atoms with E-state index in [-0.39, 0.29) is 0 Å². The van der Waals surface area contributed by atoms with E-state index in [0.717, 1.165) is 12.2 Å². The van der Waals surface area contributed by atoms with Crippen LogP contribution in [0.2, 0.25) is 0 Å². The molecule has 68 valence electrons. The van der Waals surface area contributed by atoms with Gasteiger partial charge >= 0.3 is 0 Å². The fourth-order valence-electron chi connectivity index (χ4n) is 0.427. The first-order chi connectivity index (χ1) is 5.60. The van der Waals surface area contributed by atoms with E-state index in [1.165, 1.54) is 18.4 Å². The maximum Gasteiger partial charge on any atom is 0.231 e. The molecule has 0 amide bonds. The second kappa shape index (κ2) is 22.7. The maximum absolute atomic E-state index is 8.35. The van der Waals surface area contributed by atoms with Crippen LogP contribution in [0.3, 0.4) is 0 Å². The van der Waals surface area contributed by atoms with Gasteiger partial charge in [0.2, 0.25) is 12.2 Å². The molecule has 0 rings (SSSR count). The van der Waals surface area contributed by atoms with Gasteiger partial charge in [-0.25, -0.2) is 20.4 Å². The van der Waals surface area contributed by atoms with Crippen LogP contribution >= 0.6 is 0 Å². The van der Waals surface area contributed by atoms with Crippen LogP contribution in [0.25, 0.3) is 0 Å². The molecule has 0 fully saturated rings. The Labute approximate surface area is 72.3 Å². The molecule has 0 aromatic rings. The number of rotatable bonds is 2. The molecule has 0 unspecified atom stereocenters. The predicted molar refractivity (Wildman–Crippen MR) is 46.5 cm³/mol. The lowest BCUT2D eigenvalue weighted by atomic mass is 10.2. The molecular formula is C8H14N2O2. The Kier molecular flexibility index (Phi) is 31.9. The van der Waals surface area contributed by atoms with Crippen molar-refractivity contribution in [1.29, 1.82) is 10.8 Å². The zero-order valence-electron chi connectivity index (χ0n) is 7.44. The molecule has 4 nitrogen and oxygen atoms in total. The van der Waals surface area contributed by atoms with Crippen molar-refractivity contribution in [1.82, 2.24) is 0 Å². The van der Waals surface area contributed by atoms with Gasteiger partial charge in [-0.05, 0) is 13.3 Å². The van der Waals surface area contributed by atoms with Crippen molar-refractivity contribution in [3.63, 3.8) is 0 Å². The molecule has 0 aliphatic rings. The fourth-order valence-corrected chi connectivity index (χ4v) is 0.427. The molecular weight excluding hydrogens is 156 g/mol. The topological polar surface area (TPSA) is 81.8 Å². The lowest BCUT2D eigenvalue weighted by molar-refractivity contribution is 0.562. The molecule has 0 aromatic heterocycles. The van der Waals surface area contributed by atoms with E-state index >= 15 is 0 Å². The first-order valence-electron chi connectivity index (χ1n) is 3.32. The van der Waals surface area contributed by atoms with Crippen LogP contribution in [0, 0.1) is 10.8 Å². The molecule has 0 aromatic carbocycles. The van der Waals surface area contributed by atoms with Gasteiger partial charge in [-0.15, -0.1) is 6.58 Å². The van der Waals surface area contributed by atoms with Crippen molar-refractivity contribution in [2.45, 2.75) is 26.7 Å². The highest BCUT2D eigenvalue weighted by Gasteiger charge is 1.76. The molecule has 0 saturated carbocycles. The first kappa shape index (κ1) is 16.8. The van der Waals surface area contributed by atoms with Crippen LogP contribution in [0.1, 0.15) is 26.7 Å². The molecule has 0 radical (unpaired) electrons. The Morgan fingerprint density at radius 2 is 1.58 bits per heavy atom. The minimum Gasteiger partial charge on any atom is -0.222 e. The zero-order valence-corrected chi connectivity index (χ0v) is 7.44. The van der Waals surface area contributed by atoms with E-state index in [1.54, 1.807) is 0 Å². The molecule has 0 heterocycles. The molecule has 4 heteroatoms. The molecule has 0 aliphatic carbocycles. The molecule has 0 bridgehead atoms. The van der Waals surface area contributed by atoms with Crippen molar-refractivity contribution >= 4 is 12.2 Å². The van der Waals surface area contributed by atoms with Gasteiger partial charge < -0.3 is 0 Å². The third kappa shape index (κ3) is 212. The number of isocyanates is 2. The quantitative estimate of drug-likeness (QED) is 0.378. The molecule has 12 heavy (non-hydrogen) atoms. The summed E-state index contributed by atoms with van der Waals surface area (Å²) < 4.78 is 0.